The van der Waals surface area contributed by atoms with Crippen LogP contribution in [0.25, 0.3) is 0 Å². The normalized spacial score (nSPS) is 10.9. The number of hydrogen-bond donors (Lipinski definition) is 1. The molecule has 0 amide bonds. The third kappa shape index (κ3) is 1.98. The molecule has 0 spiro atoms. The summed E-state index contributed by atoms with van der Waals surface area (Å²) in [5.41, 5.74) is 5.32. The van der Waals surface area contributed by atoms with Crippen molar-refractivity contribution in [1.29, 1.82) is 0 Å². The summed E-state index contributed by atoms with van der Waals surface area (Å²) in [6.07, 6.45) is 0. The molecular weight excluding hydrogens is 142 g/mol. The largest absolute Gasteiger partial charge is 0.329 e. The highest BCUT2D eigenvalue weighted by Crippen LogP contribution is 2.04. The van der Waals surface area contributed by atoms with Gasteiger partial charge in [-0.1, -0.05) is 13.8 Å². The standard InChI is InChI=1S/C6H13N5/c1-5(2)6-8-10-11(9-6)4-3-7/h5H,3-4,7H2,1-2H3. The van der Waals surface area contributed by atoms with Gasteiger partial charge < -0.3 is 5.73 Å². The molecule has 0 aliphatic rings. The van der Waals surface area contributed by atoms with E-state index in [1.807, 2.05) is 13.8 Å². The second kappa shape index (κ2) is 3.43. The van der Waals surface area contributed by atoms with Crippen molar-refractivity contribution in [3.63, 3.8) is 0 Å². The lowest BCUT2D eigenvalue weighted by molar-refractivity contribution is 0.527. The molecule has 1 aromatic heterocycles. The maximum absolute atomic E-state index is 5.32. The van der Waals surface area contributed by atoms with E-state index in [1.54, 1.807) is 0 Å². The van der Waals surface area contributed by atoms with Crippen LogP contribution in [0.1, 0.15) is 25.6 Å². The molecular formula is C6H13N5. The molecule has 1 heterocycles. The summed E-state index contributed by atoms with van der Waals surface area (Å²) in [7, 11) is 0. The first-order chi connectivity index (χ1) is 5.24. The van der Waals surface area contributed by atoms with Gasteiger partial charge in [-0.3, -0.25) is 0 Å². The van der Waals surface area contributed by atoms with Gasteiger partial charge in [-0.15, -0.1) is 10.2 Å². The summed E-state index contributed by atoms with van der Waals surface area (Å²) < 4.78 is 0. The van der Waals surface area contributed by atoms with Crippen molar-refractivity contribution in [3.05, 3.63) is 5.82 Å². The van der Waals surface area contributed by atoms with Crippen molar-refractivity contribution in [2.45, 2.75) is 26.3 Å². The molecule has 0 atom stereocenters. The molecule has 0 unspecified atom stereocenters. The predicted molar refractivity (Wildman–Crippen MR) is 41.0 cm³/mol. The van der Waals surface area contributed by atoms with Crippen LogP contribution < -0.4 is 5.73 Å². The van der Waals surface area contributed by atoms with Crippen LogP contribution in [0, 0.1) is 0 Å². The molecule has 0 saturated heterocycles. The van der Waals surface area contributed by atoms with Gasteiger partial charge in [0.05, 0.1) is 6.54 Å². The maximum atomic E-state index is 5.32. The number of hydrogen-bond acceptors (Lipinski definition) is 4. The molecule has 0 fully saturated rings. The van der Waals surface area contributed by atoms with E-state index in [-0.39, 0.29) is 0 Å². The number of nitrogens with two attached hydrogens (primary N) is 1. The molecule has 62 valence electrons. The van der Waals surface area contributed by atoms with Crippen LogP contribution in [0.3, 0.4) is 0 Å². The highest BCUT2D eigenvalue weighted by molar-refractivity contribution is 4.84. The molecule has 0 aliphatic carbocycles. The molecule has 1 rings (SSSR count). The van der Waals surface area contributed by atoms with Crippen LogP contribution >= 0.6 is 0 Å². The van der Waals surface area contributed by atoms with Crippen LogP contribution in [0.15, 0.2) is 0 Å². The van der Waals surface area contributed by atoms with Gasteiger partial charge in [0, 0.05) is 12.5 Å². The van der Waals surface area contributed by atoms with Gasteiger partial charge in [0.15, 0.2) is 5.82 Å². The van der Waals surface area contributed by atoms with E-state index in [0.717, 1.165) is 5.82 Å². The molecule has 2 N–H and O–H groups in total. The minimum absolute atomic E-state index is 0.335. The summed E-state index contributed by atoms with van der Waals surface area (Å²) in [5.74, 6) is 1.11. The Morgan fingerprint density at radius 1 is 1.55 bits per heavy atom. The van der Waals surface area contributed by atoms with Gasteiger partial charge in [0.25, 0.3) is 0 Å². The zero-order valence-electron chi connectivity index (χ0n) is 6.86. The number of rotatable bonds is 3. The van der Waals surface area contributed by atoms with Gasteiger partial charge in [-0.25, -0.2) is 0 Å². The van der Waals surface area contributed by atoms with Crippen molar-refractivity contribution >= 4 is 0 Å². The summed E-state index contributed by atoms with van der Waals surface area (Å²) in [6, 6.07) is 0. The zero-order valence-corrected chi connectivity index (χ0v) is 6.86. The van der Waals surface area contributed by atoms with Crippen molar-refractivity contribution in [3.8, 4) is 0 Å². The van der Waals surface area contributed by atoms with Gasteiger partial charge in [0.2, 0.25) is 0 Å². The number of aromatic nitrogens is 4. The first-order valence-electron chi connectivity index (χ1n) is 3.72. The lowest BCUT2D eigenvalue weighted by Crippen LogP contribution is -2.12. The van der Waals surface area contributed by atoms with E-state index in [2.05, 4.69) is 15.4 Å². The molecule has 5 nitrogen and oxygen atoms in total. The Kier molecular flexibility index (Phi) is 2.53. The average molecular weight is 155 g/mol. The minimum atomic E-state index is 0.335. The van der Waals surface area contributed by atoms with Crippen LogP contribution in [0.4, 0.5) is 0 Å². The van der Waals surface area contributed by atoms with E-state index in [9.17, 15) is 0 Å². The Balaban J connectivity index is 2.66. The predicted octanol–water partition coefficient (Wildman–Crippen LogP) is -0.245. The lowest BCUT2D eigenvalue weighted by atomic mass is 10.2. The second-order valence-electron chi connectivity index (χ2n) is 2.69. The topological polar surface area (TPSA) is 69.6 Å². The Morgan fingerprint density at radius 3 is 2.73 bits per heavy atom. The third-order valence-corrected chi connectivity index (χ3v) is 1.31. The Hall–Kier alpha value is -0.970. The Morgan fingerprint density at radius 2 is 2.27 bits per heavy atom. The summed E-state index contributed by atoms with van der Waals surface area (Å²) in [4.78, 5) is 1.52. The molecule has 0 radical (unpaired) electrons. The molecule has 0 saturated carbocycles. The van der Waals surface area contributed by atoms with Gasteiger partial charge in [-0.05, 0) is 5.21 Å². The fourth-order valence-corrected chi connectivity index (χ4v) is 0.697. The molecule has 0 aromatic carbocycles. The Bertz CT molecular complexity index is 217. The van der Waals surface area contributed by atoms with Crippen LogP contribution in [-0.2, 0) is 6.54 Å². The molecule has 0 bridgehead atoms. The van der Waals surface area contributed by atoms with Crippen molar-refractivity contribution in [2.75, 3.05) is 6.54 Å². The lowest BCUT2D eigenvalue weighted by Gasteiger charge is -1.94. The molecule has 5 heteroatoms. The van der Waals surface area contributed by atoms with E-state index in [4.69, 9.17) is 5.73 Å². The van der Waals surface area contributed by atoms with E-state index < -0.39 is 0 Å². The minimum Gasteiger partial charge on any atom is -0.329 e. The van der Waals surface area contributed by atoms with Crippen molar-refractivity contribution < 1.29 is 0 Å². The van der Waals surface area contributed by atoms with Crippen molar-refractivity contribution in [2.24, 2.45) is 5.73 Å². The van der Waals surface area contributed by atoms with Gasteiger partial charge >= 0.3 is 0 Å². The van der Waals surface area contributed by atoms with Gasteiger partial charge in [-0.2, -0.15) is 4.80 Å². The highest BCUT2D eigenvalue weighted by Gasteiger charge is 2.05. The van der Waals surface area contributed by atoms with E-state index >= 15 is 0 Å². The highest BCUT2D eigenvalue weighted by atomic mass is 15.6. The summed E-state index contributed by atoms with van der Waals surface area (Å²) >= 11 is 0. The summed E-state index contributed by atoms with van der Waals surface area (Å²) in [6.45, 7) is 5.25. The zero-order chi connectivity index (χ0) is 8.27. The SMILES string of the molecule is CC(C)c1nnn(CCN)n1. The molecule has 11 heavy (non-hydrogen) atoms. The van der Waals surface area contributed by atoms with Gasteiger partial charge in [0.1, 0.15) is 0 Å². The first-order valence-corrected chi connectivity index (χ1v) is 3.72. The first kappa shape index (κ1) is 8.13. The van der Waals surface area contributed by atoms with Crippen LogP contribution in [0.2, 0.25) is 0 Å². The Labute approximate surface area is 65.6 Å². The average Bonchev–Trinajstić information content (AvgIpc) is 2.37. The fourth-order valence-electron chi connectivity index (χ4n) is 0.697. The second-order valence-corrected chi connectivity index (χ2v) is 2.69. The number of tetrazole rings is 1. The fraction of sp³-hybridized carbons (Fsp3) is 0.833. The number of nitrogens with zero attached hydrogens (tertiary/aromatic N) is 4. The van der Waals surface area contributed by atoms with E-state index in [0.29, 0.717) is 19.0 Å². The summed E-state index contributed by atoms with van der Waals surface area (Å²) in [5, 5.41) is 11.8. The molecule has 1 aromatic rings. The maximum Gasteiger partial charge on any atom is 0.177 e. The van der Waals surface area contributed by atoms with Crippen molar-refractivity contribution in [1.82, 2.24) is 20.2 Å². The van der Waals surface area contributed by atoms with Crippen LogP contribution in [-0.4, -0.2) is 26.8 Å². The third-order valence-electron chi connectivity index (χ3n) is 1.31. The van der Waals surface area contributed by atoms with E-state index in [1.165, 1.54) is 4.80 Å². The quantitative estimate of drug-likeness (QED) is 0.653. The molecule has 0 aliphatic heterocycles. The monoisotopic (exact) mass is 155 g/mol. The van der Waals surface area contributed by atoms with Crippen LogP contribution in [0.5, 0.6) is 0 Å². The smallest absolute Gasteiger partial charge is 0.177 e.